The summed E-state index contributed by atoms with van der Waals surface area (Å²) in [5.41, 5.74) is -5.10. The third-order valence-corrected chi connectivity index (χ3v) is 7.21. The normalized spacial score (nSPS) is 16.2. The molecule has 0 spiro atoms. The number of rotatable bonds is 5. The van der Waals surface area contributed by atoms with Crippen molar-refractivity contribution in [3.63, 3.8) is 0 Å². The first-order chi connectivity index (χ1) is 16.9. The fraction of sp³-hybridized carbons (Fsp3) is 0.348. The molecule has 2 amide bonds. The van der Waals surface area contributed by atoms with Crippen LogP contribution in [0.25, 0.3) is 0 Å². The van der Waals surface area contributed by atoms with Gasteiger partial charge in [-0.15, -0.1) is 0 Å². The molecule has 1 aliphatic heterocycles. The molecule has 0 radical (unpaired) electrons. The van der Waals surface area contributed by atoms with Gasteiger partial charge < -0.3 is 10.2 Å². The Morgan fingerprint density at radius 1 is 1.05 bits per heavy atom. The van der Waals surface area contributed by atoms with Gasteiger partial charge in [0.25, 0.3) is 5.91 Å². The van der Waals surface area contributed by atoms with Crippen LogP contribution < -0.4 is 5.32 Å². The molecule has 198 valence electrons. The summed E-state index contributed by atoms with van der Waals surface area (Å²) in [5.74, 6) is -1.34. The predicted octanol–water partition coefficient (Wildman–Crippen LogP) is 4.41. The molecule has 0 saturated heterocycles. The monoisotopic (exact) mass is 547 g/mol. The van der Waals surface area contributed by atoms with E-state index in [4.69, 9.17) is 5.26 Å². The number of nitriles is 1. The summed E-state index contributed by atoms with van der Waals surface area (Å²) in [4.78, 5) is 26.3. The summed E-state index contributed by atoms with van der Waals surface area (Å²) in [6.07, 6.45) is -12.6. The van der Waals surface area contributed by atoms with Crippen LogP contribution in [0.4, 0.5) is 32.0 Å². The number of benzene rings is 2. The first-order valence-electron chi connectivity index (χ1n) is 10.5. The van der Waals surface area contributed by atoms with Crippen LogP contribution in [-0.2, 0) is 31.4 Å². The van der Waals surface area contributed by atoms with E-state index in [9.17, 15) is 44.3 Å². The average Bonchev–Trinajstić information content (AvgIpc) is 3.15. The van der Waals surface area contributed by atoms with Crippen LogP contribution in [0.1, 0.15) is 36.1 Å². The number of carbonyl (C=O) groups is 2. The Kier molecular flexibility index (Phi) is 7.08. The van der Waals surface area contributed by atoms with Gasteiger partial charge in [-0.3, -0.25) is 9.59 Å². The van der Waals surface area contributed by atoms with Gasteiger partial charge in [-0.25, -0.2) is 8.42 Å². The number of amides is 2. The van der Waals surface area contributed by atoms with Crippen molar-refractivity contribution in [2.75, 3.05) is 11.6 Å². The first-order valence-corrected chi connectivity index (χ1v) is 12.3. The highest BCUT2D eigenvalue weighted by Gasteiger charge is 2.71. The zero-order valence-electron chi connectivity index (χ0n) is 19.2. The predicted molar refractivity (Wildman–Crippen MR) is 118 cm³/mol. The third kappa shape index (κ3) is 5.00. The minimum atomic E-state index is -5.83. The standard InChI is InChI=1S/C23H19F6N3O4S/c1-13(33)32-12-14-11-17(37(2,35)36)7-8-18(14)19(32)20(34)31-16-5-3-15(4-6-16)21(9-10-30,22(24,25)26)23(27,28)29/h3-8,11,19H,9,12H2,1-2H3,(H,31,34). The lowest BCUT2D eigenvalue weighted by molar-refractivity contribution is -0.302. The Hall–Kier alpha value is -3.60. The molecule has 0 aromatic heterocycles. The highest BCUT2D eigenvalue weighted by Crippen LogP contribution is 2.54. The van der Waals surface area contributed by atoms with E-state index in [1.807, 2.05) is 0 Å². The van der Waals surface area contributed by atoms with Gasteiger partial charge in [-0.1, -0.05) is 18.2 Å². The number of hydrogen-bond donors (Lipinski definition) is 1. The molecule has 14 heteroatoms. The van der Waals surface area contributed by atoms with Crippen molar-refractivity contribution in [3.05, 3.63) is 59.2 Å². The lowest BCUT2D eigenvalue weighted by atomic mass is 9.76. The fourth-order valence-corrected chi connectivity index (χ4v) is 4.86. The molecule has 2 aromatic carbocycles. The summed E-state index contributed by atoms with van der Waals surface area (Å²) in [5, 5.41) is 11.1. The van der Waals surface area contributed by atoms with Crippen LogP contribution in [0.2, 0.25) is 0 Å². The molecule has 2 aromatic rings. The molecule has 1 atom stereocenters. The largest absolute Gasteiger partial charge is 0.408 e. The minimum absolute atomic E-state index is 0.0263. The Balaban J connectivity index is 1.96. The number of nitrogens with zero attached hydrogens (tertiary/aromatic N) is 2. The molecule has 37 heavy (non-hydrogen) atoms. The van der Waals surface area contributed by atoms with Crippen molar-refractivity contribution in [1.29, 1.82) is 5.26 Å². The maximum atomic E-state index is 13.6. The van der Waals surface area contributed by atoms with E-state index in [0.717, 1.165) is 29.4 Å². The second kappa shape index (κ2) is 9.37. The number of fused-ring (bicyclic) bond motifs is 1. The van der Waals surface area contributed by atoms with Gasteiger partial charge in [-0.2, -0.15) is 31.6 Å². The van der Waals surface area contributed by atoms with Gasteiger partial charge in [-0.05, 0) is 41.0 Å². The van der Waals surface area contributed by atoms with E-state index in [2.05, 4.69) is 5.32 Å². The second-order valence-electron chi connectivity index (χ2n) is 8.48. The van der Waals surface area contributed by atoms with Gasteiger partial charge in [0.2, 0.25) is 5.91 Å². The van der Waals surface area contributed by atoms with Crippen molar-refractivity contribution in [1.82, 2.24) is 4.90 Å². The molecular weight excluding hydrogens is 528 g/mol. The van der Waals surface area contributed by atoms with Crippen molar-refractivity contribution >= 4 is 27.3 Å². The summed E-state index contributed by atoms with van der Waals surface area (Å²) in [6, 6.07) is 6.40. The van der Waals surface area contributed by atoms with Gasteiger partial charge in [0.05, 0.1) is 17.4 Å². The molecular formula is C23H19F6N3O4S. The SMILES string of the molecule is CC(=O)N1Cc2cc(S(C)(=O)=O)ccc2C1C(=O)Nc1ccc(C(CC#N)(C(F)(F)F)C(F)(F)F)cc1. The Morgan fingerprint density at radius 2 is 1.62 bits per heavy atom. The summed E-state index contributed by atoms with van der Waals surface area (Å²) >= 11 is 0. The number of halogens is 6. The van der Waals surface area contributed by atoms with Crippen LogP contribution in [-0.4, -0.2) is 43.7 Å². The molecule has 1 unspecified atom stereocenters. The molecule has 0 saturated carbocycles. The van der Waals surface area contributed by atoms with Crippen LogP contribution in [0, 0.1) is 11.3 Å². The number of carbonyl (C=O) groups excluding carboxylic acids is 2. The van der Waals surface area contributed by atoms with Crippen LogP contribution in [0.5, 0.6) is 0 Å². The number of hydrogen-bond acceptors (Lipinski definition) is 5. The number of anilines is 1. The molecule has 0 bridgehead atoms. The van der Waals surface area contributed by atoms with Crippen LogP contribution >= 0.6 is 0 Å². The number of sulfone groups is 1. The zero-order chi connectivity index (χ0) is 28.0. The molecule has 1 N–H and O–H groups in total. The Bertz CT molecular complexity index is 1370. The Labute approximate surface area is 207 Å². The quantitative estimate of drug-likeness (QED) is 0.559. The van der Waals surface area contributed by atoms with E-state index in [1.165, 1.54) is 25.1 Å². The average molecular weight is 547 g/mol. The summed E-state index contributed by atoms with van der Waals surface area (Å²) in [7, 11) is -3.57. The van der Waals surface area contributed by atoms with Crippen molar-refractivity contribution < 1.29 is 44.3 Å². The zero-order valence-corrected chi connectivity index (χ0v) is 20.1. The van der Waals surface area contributed by atoms with E-state index in [1.54, 1.807) is 0 Å². The van der Waals surface area contributed by atoms with E-state index >= 15 is 0 Å². The molecule has 0 fully saturated rings. The molecule has 7 nitrogen and oxygen atoms in total. The van der Waals surface area contributed by atoms with E-state index in [0.29, 0.717) is 23.3 Å². The maximum absolute atomic E-state index is 13.6. The third-order valence-electron chi connectivity index (χ3n) is 6.10. The number of alkyl halides is 6. The first kappa shape index (κ1) is 28.0. The summed E-state index contributed by atoms with van der Waals surface area (Å²) in [6.45, 7) is 1.10. The van der Waals surface area contributed by atoms with Gasteiger partial charge >= 0.3 is 12.4 Å². The fourth-order valence-electron chi connectivity index (χ4n) is 4.19. The molecule has 0 aliphatic carbocycles. The maximum Gasteiger partial charge on any atom is 0.408 e. The second-order valence-corrected chi connectivity index (χ2v) is 10.5. The molecule has 1 heterocycles. The van der Waals surface area contributed by atoms with E-state index < -0.39 is 57.4 Å². The topological polar surface area (TPSA) is 107 Å². The Morgan fingerprint density at radius 3 is 2.08 bits per heavy atom. The lowest BCUT2D eigenvalue weighted by Crippen LogP contribution is -2.53. The van der Waals surface area contributed by atoms with Gasteiger partial charge in [0.15, 0.2) is 15.3 Å². The number of nitrogens with one attached hydrogen (secondary N) is 1. The van der Waals surface area contributed by atoms with Crippen LogP contribution in [0.3, 0.4) is 0 Å². The van der Waals surface area contributed by atoms with Crippen molar-refractivity contribution in [2.24, 2.45) is 0 Å². The van der Waals surface area contributed by atoms with Crippen molar-refractivity contribution in [3.8, 4) is 6.07 Å². The van der Waals surface area contributed by atoms with Gasteiger partial charge in [0, 0.05) is 25.4 Å². The van der Waals surface area contributed by atoms with E-state index in [-0.39, 0.29) is 17.1 Å². The molecule has 1 aliphatic rings. The molecule has 3 rings (SSSR count). The summed E-state index contributed by atoms with van der Waals surface area (Å²) < 4.78 is 105. The highest BCUT2D eigenvalue weighted by atomic mass is 32.2. The lowest BCUT2D eigenvalue weighted by Gasteiger charge is -2.36. The van der Waals surface area contributed by atoms with Crippen LogP contribution in [0.15, 0.2) is 47.4 Å². The van der Waals surface area contributed by atoms with Gasteiger partial charge in [0.1, 0.15) is 6.04 Å². The smallest absolute Gasteiger partial charge is 0.324 e. The minimum Gasteiger partial charge on any atom is -0.324 e. The van der Waals surface area contributed by atoms with Crippen molar-refractivity contribution in [2.45, 2.75) is 48.6 Å². The highest BCUT2D eigenvalue weighted by molar-refractivity contribution is 7.90.